The first-order valence-electron chi connectivity index (χ1n) is 8.12. The zero-order valence-electron chi connectivity index (χ0n) is 14.5. The summed E-state index contributed by atoms with van der Waals surface area (Å²) in [7, 11) is -1.63. The summed E-state index contributed by atoms with van der Waals surface area (Å²) in [5.74, 6) is 1.45. The monoisotopic (exact) mass is 411 g/mol. The highest BCUT2D eigenvalue weighted by Crippen LogP contribution is 2.19. The van der Waals surface area contributed by atoms with Crippen LogP contribution >= 0.6 is 23.4 Å². The maximum Gasteiger partial charge on any atom is 0.191 e. The molecule has 0 amide bonds. The molecule has 0 bridgehead atoms. The fraction of sp³-hybridized carbons (Fsp3) is 0.278. The van der Waals surface area contributed by atoms with Crippen LogP contribution < -0.4 is 10.6 Å². The minimum absolute atomic E-state index is 0.0111. The normalized spacial score (nSPS) is 12.0. The van der Waals surface area contributed by atoms with Gasteiger partial charge in [0.25, 0.3) is 0 Å². The molecule has 2 rings (SSSR count). The van der Waals surface area contributed by atoms with Crippen molar-refractivity contribution in [1.82, 2.24) is 10.6 Å². The summed E-state index contributed by atoms with van der Waals surface area (Å²) < 4.78 is 24.5. The summed E-state index contributed by atoms with van der Waals surface area (Å²) >= 11 is 7.57. The third-order valence-corrected chi connectivity index (χ3v) is 6.46. The standard InChI is InChI=1S/C18H22ClN3O2S2/c1-20-18(21-11-13-25-16-9-7-15(19)8-10-16)22-12-14-26(23,24)17-5-3-2-4-6-17/h2-10H,11-14H2,1H3,(H2,20,21,22). The molecule has 0 spiro atoms. The fourth-order valence-electron chi connectivity index (χ4n) is 2.14. The van der Waals surface area contributed by atoms with E-state index in [9.17, 15) is 8.42 Å². The van der Waals surface area contributed by atoms with Gasteiger partial charge in [0.1, 0.15) is 0 Å². The summed E-state index contributed by atoms with van der Waals surface area (Å²) in [4.78, 5) is 5.59. The minimum Gasteiger partial charge on any atom is -0.356 e. The molecular weight excluding hydrogens is 390 g/mol. The SMILES string of the molecule is CN=C(NCCSc1ccc(Cl)cc1)NCCS(=O)(=O)c1ccccc1. The van der Waals surface area contributed by atoms with Crippen molar-refractivity contribution in [3.05, 3.63) is 59.6 Å². The largest absolute Gasteiger partial charge is 0.356 e. The van der Waals surface area contributed by atoms with E-state index in [1.807, 2.05) is 24.3 Å². The van der Waals surface area contributed by atoms with Crippen molar-refractivity contribution >= 4 is 39.2 Å². The van der Waals surface area contributed by atoms with E-state index in [1.54, 1.807) is 49.1 Å². The van der Waals surface area contributed by atoms with Gasteiger partial charge < -0.3 is 10.6 Å². The Labute approximate surface area is 164 Å². The first kappa shape index (κ1) is 20.6. The molecule has 5 nitrogen and oxygen atoms in total. The number of guanidine groups is 1. The number of nitrogens with zero attached hydrogens (tertiary/aromatic N) is 1. The lowest BCUT2D eigenvalue weighted by Crippen LogP contribution is -2.40. The van der Waals surface area contributed by atoms with Crippen LogP contribution in [0.5, 0.6) is 0 Å². The van der Waals surface area contributed by atoms with Crippen molar-refractivity contribution in [3.63, 3.8) is 0 Å². The van der Waals surface area contributed by atoms with Gasteiger partial charge in [0.15, 0.2) is 15.8 Å². The molecule has 0 aliphatic rings. The van der Waals surface area contributed by atoms with Crippen LogP contribution in [0.4, 0.5) is 0 Å². The predicted molar refractivity (Wildman–Crippen MR) is 110 cm³/mol. The summed E-state index contributed by atoms with van der Waals surface area (Å²) in [5.41, 5.74) is 0. The van der Waals surface area contributed by atoms with Crippen LogP contribution in [0.25, 0.3) is 0 Å². The Morgan fingerprint density at radius 2 is 1.69 bits per heavy atom. The first-order valence-corrected chi connectivity index (χ1v) is 11.1. The second kappa shape index (κ2) is 10.4. The second-order valence-corrected chi connectivity index (χ2v) is 9.07. The van der Waals surface area contributed by atoms with Gasteiger partial charge >= 0.3 is 0 Å². The van der Waals surface area contributed by atoms with E-state index < -0.39 is 9.84 Å². The first-order chi connectivity index (χ1) is 12.5. The summed E-state index contributed by atoms with van der Waals surface area (Å²) in [6.07, 6.45) is 0. The molecule has 2 aromatic rings. The average Bonchev–Trinajstić information content (AvgIpc) is 2.65. The highest BCUT2D eigenvalue weighted by atomic mass is 35.5. The molecular formula is C18H22ClN3O2S2. The number of thioether (sulfide) groups is 1. The number of aliphatic imine (C=N–C) groups is 1. The van der Waals surface area contributed by atoms with Crippen molar-refractivity contribution < 1.29 is 8.42 Å². The molecule has 0 aliphatic heterocycles. The van der Waals surface area contributed by atoms with Gasteiger partial charge in [-0.05, 0) is 36.4 Å². The molecule has 140 valence electrons. The van der Waals surface area contributed by atoms with Crippen LogP contribution in [0.2, 0.25) is 5.02 Å². The Balaban J connectivity index is 1.70. The number of rotatable bonds is 8. The lowest BCUT2D eigenvalue weighted by Gasteiger charge is -2.12. The molecule has 0 fully saturated rings. The molecule has 0 radical (unpaired) electrons. The Hall–Kier alpha value is -1.70. The highest BCUT2D eigenvalue weighted by Gasteiger charge is 2.13. The van der Waals surface area contributed by atoms with Crippen molar-refractivity contribution in [2.24, 2.45) is 4.99 Å². The zero-order chi connectivity index (χ0) is 18.8. The zero-order valence-corrected chi connectivity index (χ0v) is 16.9. The van der Waals surface area contributed by atoms with Gasteiger partial charge in [0.05, 0.1) is 10.6 Å². The van der Waals surface area contributed by atoms with Crippen LogP contribution in [-0.2, 0) is 9.84 Å². The number of nitrogens with one attached hydrogen (secondary N) is 2. The third kappa shape index (κ3) is 6.90. The van der Waals surface area contributed by atoms with Gasteiger partial charge in [-0.25, -0.2) is 8.42 Å². The molecule has 0 saturated heterocycles. The molecule has 2 N–H and O–H groups in total. The third-order valence-electron chi connectivity index (χ3n) is 3.47. The minimum atomic E-state index is -3.29. The summed E-state index contributed by atoms with van der Waals surface area (Å²) in [5, 5.41) is 6.93. The molecule has 26 heavy (non-hydrogen) atoms. The molecule has 2 aromatic carbocycles. The van der Waals surface area contributed by atoms with Gasteiger partial charge in [-0.2, -0.15) is 0 Å². The number of sulfone groups is 1. The van der Waals surface area contributed by atoms with Crippen LogP contribution in [-0.4, -0.2) is 46.0 Å². The molecule has 0 aromatic heterocycles. The molecule has 0 aliphatic carbocycles. The molecule has 0 atom stereocenters. The van der Waals surface area contributed by atoms with Crippen LogP contribution in [0.15, 0.2) is 69.4 Å². The van der Waals surface area contributed by atoms with Gasteiger partial charge in [-0.3, -0.25) is 4.99 Å². The van der Waals surface area contributed by atoms with Crippen LogP contribution in [0, 0.1) is 0 Å². The van der Waals surface area contributed by atoms with Crippen LogP contribution in [0.3, 0.4) is 0 Å². The van der Waals surface area contributed by atoms with Crippen molar-refractivity contribution in [1.29, 1.82) is 0 Å². The smallest absolute Gasteiger partial charge is 0.191 e. The lowest BCUT2D eigenvalue weighted by atomic mass is 10.4. The highest BCUT2D eigenvalue weighted by molar-refractivity contribution is 7.99. The Morgan fingerprint density at radius 1 is 1.04 bits per heavy atom. The number of hydrogen-bond acceptors (Lipinski definition) is 4. The van der Waals surface area contributed by atoms with Crippen LogP contribution in [0.1, 0.15) is 0 Å². The summed E-state index contributed by atoms with van der Waals surface area (Å²) in [6.45, 7) is 1.000. The second-order valence-electron chi connectivity index (χ2n) is 5.36. The lowest BCUT2D eigenvalue weighted by molar-refractivity contribution is 0.594. The molecule has 0 saturated carbocycles. The van der Waals surface area contributed by atoms with E-state index in [1.165, 1.54) is 0 Å². The van der Waals surface area contributed by atoms with Crippen molar-refractivity contribution in [3.8, 4) is 0 Å². The van der Waals surface area contributed by atoms with Gasteiger partial charge in [0.2, 0.25) is 0 Å². The number of hydrogen-bond donors (Lipinski definition) is 2. The Kier molecular flexibility index (Phi) is 8.28. The van der Waals surface area contributed by atoms with E-state index in [-0.39, 0.29) is 5.75 Å². The van der Waals surface area contributed by atoms with E-state index in [0.717, 1.165) is 15.7 Å². The molecule has 8 heteroatoms. The molecule has 0 heterocycles. The van der Waals surface area contributed by atoms with E-state index in [0.29, 0.717) is 23.9 Å². The summed E-state index contributed by atoms with van der Waals surface area (Å²) in [6, 6.07) is 16.1. The number of halogens is 1. The maximum absolute atomic E-state index is 12.2. The quantitative estimate of drug-likeness (QED) is 0.302. The fourth-order valence-corrected chi connectivity index (χ4v) is 4.21. The Morgan fingerprint density at radius 3 is 2.35 bits per heavy atom. The Bertz CT molecular complexity index is 810. The van der Waals surface area contributed by atoms with E-state index >= 15 is 0 Å². The van der Waals surface area contributed by atoms with Crippen molar-refractivity contribution in [2.45, 2.75) is 9.79 Å². The van der Waals surface area contributed by atoms with Gasteiger partial charge in [-0.15, -0.1) is 11.8 Å². The van der Waals surface area contributed by atoms with E-state index in [4.69, 9.17) is 11.6 Å². The topological polar surface area (TPSA) is 70.6 Å². The van der Waals surface area contributed by atoms with E-state index in [2.05, 4.69) is 15.6 Å². The van der Waals surface area contributed by atoms with Gasteiger partial charge in [-0.1, -0.05) is 29.8 Å². The van der Waals surface area contributed by atoms with Crippen molar-refractivity contribution in [2.75, 3.05) is 31.6 Å². The average molecular weight is 412 g/mol. The number of benzene rings is 2. The predicted octanol–water partition coefficient (Wildman–Crippen LogP) is 3.07. The maximum atomic E-state index is 12.2. The molecule has 0 unspecified atom stereocenters. The van der Waals surface area contributed by atoms with Gasteiger partial charge in [0, 0.05) is 35.8 Å².